The zero-order valence-electron chi connectivity index (χ0n) is 15.5. The third-order valence-electron chi connectivity index (χ3n) is 3.84. The van der Waals surface area contributed by atoms with E-state index in [1.54, 1.807) is 35.0 Å². The van der Waals surface area contributed by atoms with Gasteiger partial charge in [0.25, 0.3) is 5.91 Å². The van der Waals surface area contributed by atoms with Gasteiger partial charge in [-0.2, -0.15) is 4.99 Å². The van der Waals surface area contributed by atoms with Crippen LogP contribution in [0.15, 0.2) is 40.3 Å². The second kappa shape index (κ2) is 7.96. The van der Waals surface area contributed by atoms with Gasteiger partial charge in [-0.05, 0) is 50.5 Å². The minimum absolute atomic E-state index is 0.105. The van der Waals surface area contributed by atoms with E-state index in [-0.39, 0.29) is 11.4 Å². The summed E-state index contributed by atoms with van der Waals surface area (Å²) in [5.41, 5.74) is 3.98. The van der Waals surface area contributed by atoms with Crippen LogP contribution in [0.1, 0.15) is 42.4 Å². The van der Waals surface area contributed by atoms with Crippen LogP contribution in [0.4, 0.5) is 0 Å². The molecular formula is C19H20ClN3O2S2. The zero-order valence-corrected chi connectivity index (χ0v) is 17.9. The highest BCUT2D eigenvalue weighted by Gasteiger charge is 2.18. The van der Waals surface area contributed by atoms with Crippen LogP contribution in [0.25, 0.3) is 0 Å². The van der Waals surface area contributed by atoms with Crippen LogP contribution in [0.2, 0.25) is 5.02 Å². The average Bonchev–Trinajstić information content (AvgIpc) is 3.25. The number of thiazole rings is 1. The smallest absolute Gasteiger partial charge is 0.282 e. The Morgan fingerprint density at radius 1 is 1.37 bits per heavy atom. The number of nitrogens with zero attached hydrogens (tertiary/aromatic N) is 3. The Hall–Kier alpha value is -1.96. The number of halogens is 1. The molecule has 0 N–H and O–H groups in total. The summed E-state index contributed by atoms with van der Waals surface area (Å²) < 4.78 is 8.06. The standard InChI is InChI=1S/C19H20ClN3O2S2/c1-19(2,3)23-9-12(7-14-10-26-11-21-14)18(27-23)22-17(24)15-8-13(20)5-6-16(15)25-4/h5-6,8-11H,7H2,1-4H3/b22-18-. The van der Waals surface area contributed by atoms with Crippen molar-refractivity contribution in [3.63, 3.8) is 0 Å². The molecule has 0 bridgehead atoms. The molecule has 142 valence electrons. The molecule has 0 aliphatic heterocycles. The van der Waals surface area contributed by atoms with E-state index in [0.717, 1.165) is 11.3 Å². The molecular weight excluding hydrogens is 402 g/mol. The van der Waals surface area contributed by atoms with Crippen LogP contribution in [0.5, 0.6) is 5.75 Å². The largest absolute Gasteiger partial charge is 0.496 e. The predicted octanol–water partition coefficient (Wildman–Crippen LogP) is 4.76. The van der Waals surface area contributed by atoms with Crippen molar-refractivity contribution < 1.29 is 9.53 Å². The molecule has 5 nitrogen and oxygen atoms in total. The number of amides is 1. The van der Waals surface area contributed by atoms with Crippen molar-refractivity contribution >= 4 is 40.4 Å². The van der Waals surface area contributed by atoms with Crippen LogP contribution >= 0.6 is 34.5 Å². The number of methoxy groups -OCH3 is 1. The highest BCUT2D eigenvalue weighted by Crippen LogP contribution is 2.24. The summed E-state index contributed by atoms with van der Waals surface area (Å²) in [6.45, 7) is 6.34. The fraction of sp³-hybridized carbons (Fsp3) is 0.316. The van der Waals surface area contributed by atoms with Gasteiger partial charge in [0, 0.05) is 34.1 Å². The van der Waals surface area contributed by atoms with Gasteiger partial charge in [-0.3, -0.25) is 8.75 Å². The number of carbonyl (C=O) groups excluding carboxylic acids is 1. The quantitative estimate of drug-likeness (QED) is 0.610. The maximum Gasteiger partial charge on any atom is 0.282 e. The molecule has 0 spiro atoms. The molecule has 3 aromatic rings. The molecule has 0 atom stereocenters. The molecule has 2 aromatic heterocycles. The highest BCUT2D eigenvalue weighted by molar-refractivity contribution is 7.07. The number of aromatic nitrogens is 2. The Labute approximate surface area is 171 Å². The van der Waals surface area contributed by atoms with E-state index in [0.29, 0.717) is 27.4 Å². The lowest BCUT2D eigenvalue weighted by atomic mass is 10.1. The zero-order chi connectivity index (χ0) is 19.6. The van der Waals surface area contributed by atoms with Crippen molar-refractivity contribution in [2.24, 2.45) is 4.99 Å². The van der Waals surface area contributed by atoms with Gasteiger partial charge in [0.15, 0.2) is 0 Å². The Bertz CT molecular complexity index is 1010. The second-order valence-electron chi connectivity index (χ2n) is 6.97. The van der Waals surface area contributed by atoms with E-state index in [1.807, 2.05) is 11.6 Å². The second-order valence-corrected chi connectivity index (χ2v) is 9.08. The van der Waals surface area contributed by atoms with Crippen molar-refractivity contribution in [2.45, 2.75) is 32.7 Å². The first-order chi connectivity index (χ1) is 12.8. The lowest BCUT2D eigenvalue weighted by Crippen LogP contribution is -2.18. The number of ether oxygens (including phenoxy) is 1. The maximum absolute atomic E-state index is 12.8. The predicted molar refractivity (Wildman–Crippen MR) is 110 cm³/mol. The summed E-state index contributed by atoms with van der Waals surface area (Å²) >= 11 is 9.06. The van der Waals surface area contributed by atoms with Gasteiger partial charge < -0.3 is 4.74 Å². The normalized spacial score (nSPS) is 12.4. The molecule has 0 aliphatic rings. The molecule has 0 unspecified atom stereocenters. The van der Waals surface area contributed by atoms with Crippen molar-refractivity contribution in [1.29, 1.82) is 0 Å². The fourth-order valence-corrected chi connectivity index (χ4v) is 4.18. The molecule has 0 radical (unpaired) electrons. The highest BCUT2D eigenvalue weighted by atomic mass is 35.5. The van der Waals surface area contributed by atoms with E-state index in [2.05, 4.69) is 34.7 Å². The summed E-state index contributed by atoms with van der Waals surface area (Å²) in [6.07, 6.45) is 2.67. The summed E-state index contributed by atoms with van der Waals surface area (Å²) in [7, 11) is 1.52. The third kappa shape index (κ3) is 4.66. The molecule has 1 aromatic carbocycles. The van der Waals surface area contributed by atoms with Crippen molar-refractivity contribution in [1.82, 2.24) is 8.94 Å². The van der Waals surface area contributed by atoms with E-state index in [9.17, 15) is 4.79 Å². The number of carbonyl (C=O) groups is 1. The van der Waals surface area contributed by atoms with E-state index in [4.69, 9.17) is 16.3 Å². The van der Waals surface area contributed by atoms with Crippen molar-refractivity contribution in [2.75, 3.05) is 7.11 Å². The molecule has 3 rings (SSSR count). The molecule has 0 fully saturated rings. The molecule has 2 heterocycles. The van der Waals surface area contributed by atoms with Gasteiger partial charge in [0.05, 0.1) is 23.9 Å². The SMILES string of the molecule is COc1ccc(Cl)cc1C(=O)/N=c1\sn(C(C)(C)C)cc1Cc1cscn1. The van der Waals surface area contributed by atoms with Gasteiger partial charge in [0.2, 0.25) is 0 Å². The third-order valence-corrected chi connectivity index (χ3v) is 6.09. The van der Waals surface area contributed by atoms with Crippen molar-refractivity contribution in [3.8, 4) is 5.75 Å². The number of rotatable bonds is 4. The van der Waals surface area contributed by atoms with Crippen LogP contribution in [0, 0.1) is 0 Å². The Morgan fingerprint density at radius 2 is 2.15 bits per heavy atom. The maximum atomic E-state index is 12.8. The van der Waals surface area contributed by atoms with Gasteiger partial charge >= 0.3 is 0 Å². The first-order valence-corrected chi connectivity index (χ1v) is 10.4. The van der Waals surface area contributed by atoms with Crippen LogP contribution in [-0.4, -0.2) is 22.0 Å². The fourth-order valence-electron chi connectivity index (χ4n) is 2.44. The lowest BCUT2D eigenvalue weighted by molar-refractivity contribution is 0.0996. The number of hydrogen-bond acceptors (Lipinski definition) is 5. The summed E-state index contributed by atoms with van der Waals surface area (Å²) in [6, 6.07) is 4.94. The number of hydrogen-bond donors (Lipinski definition) is 0. The molecule has 8 heteroatoms. The van der Waals surface area contributed by atoms with Gasteiger partial charge in [-0.1, -0.05) is 11.6 Å². The summed E-state index contributed by atoms with van der Waals surface area (Å²) in [5, 5.41) is 2.47. The lowest BCUT2D eigenvalue weighted by Gasteiger charge is -2.19. The minimum atomic E-state index is -0.378. The van der Waals surface area contributed by atoms with Crippen LogP contribution in [0.3, 0.4) is 0 Å². The Kier molecular flexibility index (Phi) is 5.83. The molecule has 0 saturated heterocycles. The van der Waals surface area contributed by atoms with E-state index < -0.39 is 0 Å². The van der Waals surface area contributed by atoms with Crippen LogP contribution in [-0.2, 0) is 12.0 Å². The van der Waals surface area contributed by atoms with E-state index >= 15 is 0 Å². The topological polar surface area (TPSA) is 56.5 Å². The molecule has 0 aliphatic carbocycles. The molecule has 1 amide bonds. The Morgan fingerprint density at radius 3 is 2.78 bits per heavy atom. The molecule has 0 saturated carbocycles. The van der Waals surface area contributed by atoms with Crippen molar-refractivity contribution in [3.05, 3.63) is 61.8 Å². The summed E-state index contributed by atoms with van der Waals surface area (Å²) in [5.74, 6) is 0.0752. The van der Waals surface area contributed by atoms with E-state index in [1.165, 1.54) is 18.6 Å². The molecule has 27 heavy (non-hydrogen) atoms. The van der Waals surface area contributed by atoms with Gasteiger partial charge in [-0.15, -0.1) is 11.3 Å². The minimum Gasteiger partial charge on any atom is -0.496 e. The van der Waals surface area contributed by atoms with Gasteiger partial charge in [0.1, 0.15) is 10.4 Å². The van der Waals surface area contributed by atoms with Crippen LogP contribution < -0.4 is 9.41 Å². The number of benzene rings is 1. The monoisotopic (exact) mass is 421 g/mol. The first-order valence-electron chi connectivity index (χ1n) is 8.30. The summed E-state index contributed by atoms with van der Waals surface area (Å²) in [4.78, 5) is 21.6. The van der Waals surface area contributed by atoms with Gasteiger partial charge in [-0.25, -0.2) is 4.98 Å². The Balaban J connectivity index is 2.07. The average molecular weight is 422 g/mol. The first kappa shape index (κ1) is 19.8.